The second-order valence-electron chi connectivity index (χ2n) is 4.82. The number of pyridine rings is 1. The maximum Gasteiger partial charge on any atom is 0.309 e. The van der Waals surface area contributed by atoms with Gasteiger partial charge in [0, 0.05) is 11.9 Å². The molecule has 1 fully saturated rings. The monoisotopic (exact) mass is 219 g/mol. The summed E-state index contributed by atoms with van der Waals surface area (Å²) >= 11 is 0. The minimum absolute atomic E-state index is 0.369. The first-order valence-corrected chi connectivity index (χ1v) is 5.76. The number of aliphatic carboxylic acids is 1. The Hall–Kier alpha value is -1.38. The van der Waals surface area contributed by atoms with Crippen LogP contribution in [-0.4, -0.2) is 16.1 Å². The first-order chi connectivity index (χ1) is 7.63. The van der Waals surface area contributed by atoms with Gasteiger partial charge in [0.25, 0.3) is 0 Å². The molecule has 1 heterocycles. The number of nitrogens with zero attached hydrogens (tertiary/aromatic N) is 1. The van der Waals surface area contributed by atoms with Gasteiger partial charge in [-0.1, -0.05) is 6.07 Å². The van der Waals surface area contributed by atoms with Gasteiger partial charge in [0.2, 0.25) is 0 Å². The number of carboxylic acids is 1. The van der Waals surface area contributed by atoms with Crippen LogP contribution < -0.4 is 0 Å². The fourth-order valence-electron chi connectivity index (χ4n) is 2.14. The average molecular weight is 219 g/mol. The zero-order valence-corrected chi connectivity index (χ0v) is 9.52. The maximum absolute atomic E-state index is 11.3. The minimum Gasteiger partial charge on any atom is -0.481 e. The molecule has 3 heteroatoms. The number of hydrogen-bond acceptors (Lipinski definition) is 2. The molecule has 1 aromatic rings. The summed E-state index contributed by atoms with van der Waals surface area (Å²) < 4.78 is 0. The standard InChI is InChI=1S/C13H17NO2/c1-13(12(15)16,10-5-6-10)8-7-11-4-2-3-9-14-11/h2-4,9-10H,5-8H2,1H3,(H,15,16). The average Bonchev–Trinajstić information content (AvgIpc) is 3.11. The number of aromatic nitrogens is 1. The van der Waals surface area contributed by atoms with Crippen LogP contribution in [0, 0.1) is 11.3 Å². The van der Waals surface area contributed by atoms with Crippen molar-refractivity contribution in [2.45, 2.75) is 32.6 Å². The Balaban J connectivity index is 2.00. The molecule has 1 saturated carbocycles. The van der Waals surface area contributed by atoms with E-state index in [1.54, 1.807) is 6.20 Å². The van der Waals surface area contributed by atoms with E-state index in [1.165, 1.54) is 0 Å². The van der Waals surface area contributed by atoms with Crippen LogP contribution in [0.15, 0.2) is 24.4 Å². The molecule has 0 saturated heterocycles. The number of aryl methyl sites for hydroxylation is 1. The fraction of sp³-hybridized carbons (Fsp3) is 0.538. The molecule has 3 nitrogen and oxygen atoms in total. The van der Waals surface area contributed by atoms with Crippen molar-refractivity contribution in [2.75, 3.05) is 0 Å². The Kier molecular flexibility index (Phi) is 2.95. The van der Waals surface area contributed by atoms with E-state index in [4.69, 9.17) is 0 Å². The molecule has 0 radical (unpaired) electrons. The van der Waals surface area contributed by atoms with Gasteiger partial charge < -0.3 is 5.11 Å². The molecule has 0 bridgehead atoms. The van der Waals surface area contributed by atoms with Gasteiger partial charge in [0.1, 0.15) is 0 Å². The van der Waals surface area contributed by atoms with E-state index in [2.05, 4.69) is 4.98 Å². The summed E-state index contributed by atoms with van der Waals surface area (Å²) in [6, 6.07) is 5.77. The molecular formula is C13H17NO2. The maximum atomic E-state index is 11.3. The lowest BCUT2D eigenvalue weighted by Crippen LogP contribution is -2.30. The smallest absolute Gasteiger partial charge is 0.309 e. The number of rotatable bonds is 5. The lowest BCUT2D eigenvalue weighted by atomic mass is 9.80. The summed E-state index contributed by atoms with van der Waals surface area (Å²) in [4.78, 5) is 15.5. The highest BCUT2D eigenvalue weighted by atomic mass is 16.4. The van der Waals surface area contributed by atoms with E-state index in [-0.39, 0.29) is 0 Å². The van der Waals surface area contributed by atoms with Gasteiger partial charge in [-0.15, -0.1) is 0 Å². The highest BCUT2D eigenvalue weighted by molar-refractivity contribution is 5.75. The lowest BCUT2D eigenvalue weighted by molar-refractivity contribution is -0.149. The Morgan fingerprint density at radius 1 is 1.56 bits per heavy atom. The van der Waals surface area contributed by atoms with Crippen molar-refractivity contribution in [1.29, 1.82) is 0 Å². The highest BCUT2D eigenvalue weighted by Gasteiger charge is 2.46. The molecule has 0 aliphatic heterocycles. The summed E-state index contributed by atoms with van der Waals surface area (Å²) in [6.07, 6.45) is 5.31. The van der Waals surface area contributed by atoms with Crippen LogP contribution in [0.25, 0.3) is 0 Å². The zero-order chi connectivity index (χ0) is 11.6. The Morgan fingerprint density at radius 2 is 2.31 bits per heavy atom. The molecule has 1 N–H and O–H groups in total. The third-order valence-electron chi connectivity index (χ3n) is 3.59. The third-order valence-corrected chi connectivity index (χ3v) is 3.59. The van der Waals surface area contributed by atoms with Crippen LogP contribution in [0.1, 0.15) is 31.9 Å². The molecule has 1 unspecified atom stereocenters. The van der Waals surface area contributed by atoms with Gasteiger partial charge in [-0.3, -0.25) is 9.78 Å². The van der Waals surface area contributed by atoms with Gasteiger partial charge in [0.05, 0.1) is 5.41 Å². The van der Waals surface area contributed by atoms with Crippen molar-refractivity contribution in [3.63, 3.8) is 0 Å². The van der Waals surface area contributed by atoms with Gasteiger partial charge in [-0.2, -0.15) is 0 Å². The van der Waals surface area contributed by atoms with Crippen molar-refractivity contribution in [3.05, 3.63) is 30.1 Å². The Morgan fingerprint density at radius 3 is 2.81 bits per heavy atom. The molecule has 86 valence electrons. The molecule has 0 aromatic carbocycles. The molecule has 1 aromatic heterocycles. The molecule has 2 rings (SSSR count). The Labute approximate surface area is 95.5 Å². The van der Waals surface area contributed by atoms with Gasteiger partial charge in [-0.25, -0.2) is 0 Å². The van der Waals surface area contributed by atoms with Crippen molar-refractivity contribution in [1.82, 2.24) is 4.98 Å². The normalized spacial score (nSPS) is 19.1. The molecule has 1 aliphatic rings. The molecule has 0 amide bonds. The van der Waals surface area contributed by atoms with E-state index < -0.39 is 11.4 Å². The van der Waals surface area contributed by atoms with E-state index in [9.17, 15) is 9.90 Å². The Bertz CT molecular complexity index is 373. The van der Waals surface area contributed by atoms with Crippen molar-refractivity contribution in [2.24, 2.45) is 11.3 Å². The number of carboxylic acid groups (broad SMARTS) is 1. The number of carbonyl (C=O) groups is 1. The molecule has 1 aliphatic carbocycles. The van der Waals surface area contributed by atoms with Crippen LogP contribution in [0.3, 0.4) is 0 Å². The van der Waals surface area contributed by atoms with Crippen molar-refractivity contribution < 1.29 is 9.90 Å². The molecule has 16 heavy (non-hydrogen) atoms. The quantitative estimate of drug-likeness (QED) is 0.827. The SMILES string of the molecule is CC(CCc1ccccn1)(C(=O)O)C1CC1. The summed E-state index contributed by atoms with van der Waals surface area (Å²) in [5.74, 6) is -0.292. The third kappa shape index (κ3) is 2.23. The predicted molar refractivity (Wildman–Crippen MR) is 61.0 cm³/mol. The molecule has 0 spiro atoms. The second kappa shape index (κ2) is 4.24. The van der Waals surface area contributed by atoms with E-state index in [0.29, 0.717) is 12.3 Å². The molecule has 1 atom stereocenters. The van der Waals surface area contributed by atoms with Gasteiger partial charge >= 0.3 is 5.97 Å². The van der Waals surface area contributed by atoms with Gasteiger partial charge in [0.15, 0.2) is 0 Å². The van der Waals surface area contributed by atoms with Crippen LogP contribution in [0.4, 0.5) is 0 Å². The van der Waals surface area contributed by atoms with E-state index >= 15 is 0 Å². The topological polar surface area (TPSA) is 50.2 Å². The summed E-state index contributed by atoms with van der Waals surface area (Å²) in [6.45, 7) is 1.87. The summed E-state index contributed by atoms with van der Waals surface area (Å²) in [5, 5.41) is 9.30. The summed E-state index contributed by atoms with van der Waals surface area (Å²) in [7, 11) is 0. The second-order valence-corrected chi connectivity index (χ2v) is 4.82. The molecular weight excluding hydrogens is 202 g/mol. The number of hydrogen-bond donors (Lipinski definition) is 1. The van der Waals surface area contributed by atoms with Crippen molar-refractivity contribution in [3.8, 4) is 0 Å². The van der Waals surface area contributed by atoms with E-state index in [0.717, 1.165) is 25.0 Å². The van der Waals surface area contributed by atoms with Crippen molar-refractivity contribution >= 4 is 5.97 Å². The predicted octanol–water partition coefficient (Wildman–Crippen LogP) is 2.52. The lowest BCUT2D eigenvalue weighted by Gasteiger charge is -2.24. The van der Waals surface area contributed by atoms with E-state index in [1.807, 2.05) is 25.1 Å². The largest absolute Gasteiger partial charge is 0.481 e. The highest BCUT2D eigenvalue weighted by Crippen LogP contribution is 2.48. The van der Waals surface area contributed by atoms with Crippen LogP contribution in [0.2, 0.25) is 0 Å². The van der Waals surface area contributed by atoms with Crippen LogP contribution >= 0.6 is 0 Å². The van der Waals surface area contributed by atoms with Gasteiger partial charge in [-0.05, 0) is 50.7 Å². The first kappa shape index (κ1) is 11.1. The van der Waals surface area contributed by atoms with Crippen LogP contribution in [-0.2, 0) is 11.2 Å². The zero-order valence-electron chi connectivity index (χ0n) is 9.52. The summed E-state index contributed by atoms with van der Waals surface area (Å²) in [5.41, 5.74) is 0.424. The first-order valence-electron chi connectivity index (χ1n) is 5.76. The fourth-order valence-corrected chi connectivity index (χ4v) is 2.14. The van der Waals surface area contributed by atoms with Crippen LogP contribution in [0.5, 0.6) is 0 Å². The minimum atomic E-state index is -0.661.